The lowest BCUT2D eigenvalue weighted by Gasteiger charge is -2.35. The summed E-state index contributed by atoms with van der Waals surface area (Å²) in [6.45, 7) is 3.84. The second-order valence-corrected chi connectivity index (χ2v) is 6.64. The van der Waals surface area contributed by atoms with Gasteiger partial charge >= 0.3 is 5.82 Å². The lowest BCUT2D eigenvalue weighted by molar-refractivity contribution is -0.389. The zero-order chi connectivity index (χ0) is 17.6. The fourth-order valence-electron chi connectivity index (χ4n) is 3.43. The molecule has 0 aromatic carbocycles. The molecular formula is C18H23N5O2. The smallest absolute Gasteiger partial charge is 0.363 e. The summed E-state index contributed by atoms with van der Waals surface area (Å²) in [5, 5.41) is 10.7. The predicted molar refractivity (Wildman–Crippen MR) is 96.4 cm³/mol. The molecule has 0 saturated carbocycles. The minimum atomic E-state index is -0.462. The number of rotatable bonds is 6. The average molecular weight is 341 g/mol. The van der Waals surface area contributed by atoms with Crippen molar-refractivity contribution in [2.24, 2.45) is 5.92 Å². The number of hydrogen-bond acceptors (Lipinski definition) is 6. The van der Waals surface area contributed by atoms with Crippen molar-refractivity contribution in [1.29, 1.82) is 0 Å². The molecular weight excluding hydrogens is 318 g/mol. The molecule has 1 aliphatic heterocycles. The van der Waals surface area contributed by atoms with E-state index in [0.717, 1.165) is 38.3 Å². The van der Waals surface area contributed by atoms with E-state index in [9.17, 15) is 10.1 Å². The van der Waals surface area contributed by atoms with Gasteiger partial charge in [0, 0.05) is 44.6 Å². The van der Waals surface area contributed by atoms with Gasteiger partial charge in [0.15, 0.2) is 6.20 Å². The highest BCUT2D eigenvalue weighted by atomic mass is 16.6. The quantitative estimate of drug-likeness (QED) is 0.594. The summed E-state index contributed by atoms with van der Waals surface area (Å²) < 4.78 is 0. The third kappa shape index (κ3) is 4.73. The maximum absolute atomic E-state index is 10.7. The van der Waals surface area contributed by atoms with E-state index in [2.05, 4.69) is 32.9 Å². The molecule has 0 bridgehead atoms. The lowest BCUT2D eigenvalue weighted by atomic mass is 9.97. The van der Waals surface area contributed by atoms with Gasteiger partial charge in [-0.25, -0.2) is 0 Å². The summed E-state index contributed by atoms with van der Waals surface area (Å²) in [4.78, 5) is 23.0. The first-order valence-electron chi connectivity index (χ1n) is 8.54. The van der Waals surface area contributed by atoms with Crippen molar-refractivity contribution in [3.8, 4) is 0 Å². The maximum Gasteiger partial charge on any atom is 0.363 e. The fraction of sp³-hybridized carbons (Fsp3) is 0.444. The van der Waals surface area contributed by atoms with E-state index in [-0.39, 0.29) is 5.82 Å². The van der Waals surface area contributed by atoms with Crippen molar-refractivity contribution in [3.63, 3.8) is 0 Å². The van der Waals surface area contributed by atoms with Crippen LogP contribution in [0.3, 0.4) is 0 Å². The maximum atomic E-state index is 10.7. The molecule has 0 spiro atoms. The highest BCUT2D eigenvalue weighted by Crippen LogP contribution is 2.24. The van der Waals surface area contributed by atoms with Crippen LogP contribution in [-0.2, 0) is 6.54 Å². The SMILES string of the molecule is CN(Cc1cccnc1)C[C@@H]1CCCN(c2ccc([N+](=O)[O-])nc2)C1. The average Bonchev–Trinajstić information content (AvgIpc) is 2.63. The second-order valence-electron chi connectivity index (χ2n) is 6.64. The van der Waals surface area contributed by atoms with Crippen LogP contribution in [0.1, 0.15) is 18.4 Å². The lowest BCUT2D eigenvalue weighted by Crippen LogP contribution is -2.40. The zero-order valence-corrected chi connectivity index (χ0v) is 14.4. The van der Waals surface area contributed by atoms with Crippen molar-refractivity contribution < 1.29 is 4.92 Å². The Labute approximate surface area is 147 Å². The molecule has 0 radical (unpaired) electrons. The Morgan fingerprint density at radius 3 is 2.92 bits per heavy atom. The van der Waals surface area contributed by atoms with Gasteiger partial charge in [0.05, 0.1) is 5.69 Å². The summed E-state index contributed by atoms with van der Waals surface area (Å²) in [6, 6.07) is 7.34. The van der Waals surface area contributed by atoms with Crippen LogP contribution in [0.4, 0.5) is 11.5 Å². The minimum absolute atomic E-state index is 0.103. The summed E-state index contributed by atoms with van der Waals surface area (Å²) >= 11 is 0. The number of aromatic nitrogens is 2. The van der Waals surface area contributed by atoms with Gasteiger partial charge in [0.1, 0.15) is 0 Å². The number of anilines is 1. The van der Waals surface area contributed by atoms with Crippen LogP contribution in [0.15, 0.2) is 42.9 Å². The first-order valence-corrected chi connectivity index (χ1v) is 8.54. The molecule has 2 aromatic rings. The molecule has 7 nitrogen and oxygen atoms in total. The van der Waals surface area contributed by atoms with Crippen molar-refractivity contribution in [3.05, 3.63) is 58.5 Å². The Kier molecular flexibility index (Phi) is 5.55. The van der Waals surface area contributed by atoms with E-state index in [4.69, 9.17) is 0 Å². The van der Waals surface area contributed by atoms with Crippen molar-refractivity contribution >= 4 is 11.5 Å². The van der Waals surface area contributed by atoms with Crippen molar-refractivity contribution in [1.82, 2.24) is 14.9 Å². The molecule has 2 aromatic heterocycles. The molecule has 25 heavy (non-hydrogen) atoms. The molecule has 0 N–H and O–H groups in total. The third-order valence-electron chi connectivity index (χ3n) is 4.55. The van der Waals surface area contributed by atoms with E-state index < -0.39 is 4.92 Å². The van der Waals surface area contributed by atoms with Gasteiger partial charge in [-0.2, -0.15) is 0 Å². The van der Waals surface area contributed by atoms with Gasteiger partial charge in [0.2, 0.25) is 0 Å². The van der Waals surface area contributed by atoms with Crippen LogP contribution in [0, 0.1) is 16.0 Å². The first kappa shape index (κ1) is 17.3. The largest absolute Gasteiger partial charge is 0.368 e. The molecule has 1 atom stereocenters. The van der Waals surface area contributed by atoms with Crippen LogP contribution >= 0.6 is 0 Å². The standard InChI is InChI=1S/C18H23N5O2/c1-21(12-15-4-2-8-19-10-15)13-16-5-3-9-22(14-16)17-6-7-18(20-11-17)23(24)25/h2,4,6-8,10-11,16H,3,5,9,12-14H2,1H3/t16-/m0/s1. The topological polar surface area (TPSA) is 75.4 Å². The normalized spacial score (nSPS) is 17.7. The van der Waals surface area contributed by atoms with Crippen LogP contribution in [0.2, 0.25) is 0 Å². The summed E-state index contributed by atoms with van der Waals surface area (Å²) in [6.07, 6.45) is 7.64. The van der Waals surface area contributed by atoms with Gasteiger partial charge in [0.25, 0.3) is 0 Å². The van der Waals surface area contributed by atoms with E-state index in [1.807, 2.05) is 12.3 Å². The Bertz CT molecular complexity index is 692. The van der Waals surface area contributed by atoms with Crippen LogP contribution < -0.4 is 4.90 Å². The zero-order valence-electron chi connectivity index (χ0n) is 14.4. The third-order valence-corrected chi connectivity index (χ3v) is 4.55. The van der Waals surface area contributed by atoms with Crippen LogP contribution in [0.25, 0.3) is 0 Å². The molecule has 3 heterocycles. The highest BCUT2D eigenvalue weighted by molar-refractivity contribution is 5.46. The van der Waals surface area contributed by atoms with Crippen molar-refractivity contribution in [2.45, 2.75) is 19.4 Å². The van der Waals surface area contributed by atoms with Crippen molar-refractivity contribution in [2.75, 3.05) is 31.6 Å². The first-order chi connectivity index (χ1) is 12.1. The number of nitrogens with zero attached hydrogens (tertiary/aromatic N) is 5. The number of hydrogen-bond donors (Lipinski definition) is 0. The van der Waals surface area contributed by atoms with Gasteiger partial charge in [-0.05, 0) is 53.4 Å². The van der Waals surface area contributed by atoms with Gasteiger partial charge in [-0.15, -0.1) is 0 Å². The second kappa shape index (κ2) is 8.02. The molecule has 1 fully saturated rings. The molecule has 3 rings (SSSR count). The Morgan fingerprint density at radius 2 is 2.24 bits per heavy atom. The number of nitro groups is 1. The van der Waals surface area contributed by atoms with Crippen LogP contribution in [-0.4, -0.2) is 46.5 Å². The molecule has 0 amide bonds. The van der Waals surface area contributed by atoms with Gasteiger partial charge in [-0.1, -0.05) is 6.07 Å². The van der Waals surface area contributed by atoms with E-state index in [1.165, 1.54) is 18.1 Å². The van der Waals surface area contributed by atoms with Gasteiger partial charge in [-0.3, -0.25) is 4.98 Å². The number of pyridine rings is 2. The highest BCUT2D eigenvalue weighted by Gasteiger charge is 2.22. The van der Waals surface area contributed by atoms with E-state index in [1.54, 1.807) is 18.5 Å². The van der Waals surface area contributed by atoms with E-state index in [0.29, 0.717) is 5.92 Å². The molecule has 1 saturated heterocycles. The molecule has 1 aliphatic rings. The molecule has 0 aliphatic carbocycles. The molecule has 132 valence electrons. The monoisotopic (exact) mass is 341 g/mol. The Morgan fingerprint density at radius 1 is 1.36 bits per heavy atom. The summed E-state index contributed by atoms with van der Waals surface area (Å²) in [7, 11) is 2.14. The Balaban J connectivity index is 1.56. The summed E-state index contributed by atoms with van der Waals surface area (Å²) in [5.74, 6) is 0.471. The predicted octanol–water partition coefficient (Wildman–Crippen LogP) is 2.73. The summed E-state index contributed by atoms with van der Waals surface area (Å²) in [5.41, 5.74) is 2.18. The molecule has 7 heteroatoms. The Hall–Kier alpha value is -2.54. The number of piperidine rings is 1. The molecule has 0 unspecified atom stereocenters. The van der Waals surface area contributed by atoms with E-state index >= 15 is 0 Å². The van der Waals surface area contributed by atoms with Crippen LogP contribution in [0.5, 0.6) is 0 Å². The van der Waals surface area contributed by atoms with Gasteiger partial charge < -0.3 is 19.9 Å². The fourth-order valence-corrected chi connectivity index (χ4v) is 3.43. The minimum Gasteiger partial charge on any atom is -0.368 e.